The monoisotopic (exact) mass is 482 g/mol. The Bertz CT molecular complexity index is 1570. The van der Waals surface area contributed by atoms with E-state index in [0.717, 1.165) is 0 Å². The molecule has 0 amide bonds. The zero-order valence-electron chi connectivity index (χ0n) is 19.1. The first-order valence-corrected chi connectivity index (χ1v) is 13.0. The topological polar surface area (TPSA) is 75.2 Å². The second-order valence-corrected chi connectivity index (χ2v) is 11.0. The van der Waals surface area contributed by atoms with E-state index >= 15 is 0 Å². The summed E-state index contributed by atoms with van der Waals surface area (Å²) in [5, 5.41) is 15.2. The molecule has 174 valence electrons. The van der Waals surface area contributed by atoms with Gasteiger partial charge in [-0.1, -0.05) is 72.8 Å². The lowest BCUT2D eigenvalue weighted by Crippen LogP contribution is -2.37. The van der Waals surface area contributed by atoms with E-state index in [1.807, 2.05) is 66.7 Å². The SMILES string of the molecule is COc1ccc2cc(CP(=O)(c3ccccc3)c3ccccc3)n(-c3cccc[n+]3[O-])c(=O)c2c1. The molecule has 0 aliphatic rings. The maximum atomic E-state index is 14.8. The van der Waals surface area contributed by atoms with Crippen LogP contribution in [0, 0.1) is 5.21 Å². The predicted molar refractivity (Wildman–Crippen MR) is 139 cm³/mol. The van der Waals surface area contributed by atoms with Gasteiger partial charge < -0.3 is 14.5 Å². The van der Waals surface area contributed by atoms with Crippen LogP contribution in [0.4, 0.5) is 0 Å². The standard InChI is InChI=1S/C28H23N2O4P/c1-34-23-16-15-21-18-22(30(28(31)26(21)19-23)27-14-8-9-17-29(27)32)20-35(33,24-10-4-2-5-11-24)25-12-6-3-7-13-25/h2-19H,20H2,1H3. The van der Waals surface area contributed by atoms with E-state index in [9.17, 15) is 14.6 Å². The zero-order chi connectivity index (χ0) is 24.4. The maximum absolute atomic E-state index is 14.8. The molecule has 0 aliphatic heterocycles. The molecule has 0 unspecified atom stereocenters. The molecule has 0 saturated carbocycles. The highest BCUT2D eigenvalue weighted by Gasteiger charge is 2.32. The summed E-state index contributed by atoms with van der Waals surface area (Å²) in [4.78, 5) is 13.8. The summed E-state index contributed by atoms with van der Waals surface area (Å²) in [5.41, 5.74) is 0.111. The molecule has 0 aliphatic carbocycles. The van der Waals surface area contributed by atoms with Crippen molar-refractivity contribution in [3.63, 3.8) is 0 Å². The number of benzene rings is 3. The van der Waals surface area contributed by atoms with Crippen molar-refractivity contribution in [1.29, 1.82) is 0 Å². The average molecular weight is 482 g/mol. The van der Waals surface area contributed by atoms with Crippen molar-refractivity contribution in [3.8, 4) is 11.6 Å². The summed E-state index contributed by atoms with van der Waals surface area (Å²) in [6, 6.07) is 30.5. The molecule has 2 heterocycles. The van der Waals surface area contributed by atoms with Crippen LogP contribution >= 0.6 is 7.14 Å². The van der Waals surface area contributed by atoms with Gasteiger partial charge >= 0.3 is 5.56 Å². The van der Waals surface area contributed by atoms with Crippen molar-refractivity contribution in [1.82, 2.24) is 4.57 Å². The average Bonchev–Trinajstić information content (AvgIpc) is 2.90. The molecule has 0 N–H and O–H groups in total. The van der Waals surface area contributed by atoms with Gasteiger partial charge in [0.15, 0.2) is 7.14 Å². The highest BCUT2D eigenvalue weighted by atomic mass is 31.2. The highest BCUT2D eigenvalue weighted by molar-refractivity contribution is 7.78. The van der Waals surface area contributed by atoms with Gasteiger partial charge in [0.05, 0.1) is 24.9 Å². The Kier molecular flexibility index (Phi) is 5.98. The van der Waals surface area contributed by atoms with E-state index in [0.29, 0.717) is 37.6 Å². The van der Waals surface area contributed by atoms with E-state index in [4.69, 9.17) is 4.74 Å². The van der Waals surface area contributed by atoms with Crippen molar-refractivity contribution >= 4 is 28.5 Å². The van der Waals surface area contributed by atoms with Gasteiger partial charge in [0.1, 0.15) is 11.4 Å². The number of fused-ring (bicyclic) bond motifs is 1. The molecule has 2 aromatic heterocycles. The van der Waals surface area contributed by atoms with Gasteiger partial charge in [-0.15, -0.1) is 0 Å². The summed E-state index contributed by atoms with van der Waals surface area (Å²) in [5.74, 6) is 0.682. The van der Waals surface area contributed by atoms with Crippen LogP contribution in [0.1, 0.15) is 5.69 Å². The quantitative estimate of drug-likeness (QED) is 0.207. The Morgan fingerprint density at radius 2 is 1.49 bits per heavy atom. The summed E-state index contributed by atoms with van der Waals surface area (Å²) < 4.78 is 22.1. The van der Waals surface area contributed by atoms with Gasteiger partial charge in [0.2, 0.25) is 0 Å². The van der Waals surface area contributed by atoms with E-state index in [-0.39, 0.29) is 17.5 Å². The van der Waals surface area contributed by atoms with Gasteiger partial charge in [-0.3, -0.25) is 0 Å². The third kappa shape index (κ3) is 4.13. The number of hydrogen-bond acceptors (Lipinski definition) is 4. The molecule has 0 saturated heterocycles. The van der Waals surface area contributed by atoms with Crippen LogP contribution < -0.4 is 25.6 Å². The van der Waals surface area contributed by atoms with Crippen molar-refractivity contribution in [2.75, 3.05) is 7.11 Å². The van der Waals surface area contributed by atoms with E-state index in [1.54, 1.807) is 36.4 Å². The minimum Gasteiger partial charge on any atom is -0.711 e. The first kappa shape index (κ1) is 22.6. The van der Waals surface area contributed by atoms with Crippen LogP contribution in [0.2, 0.25) is 0 Å². The second-order valence-electron chi connectivity index (χ2n) is 8.18. The third-order valence-electron chi connectivity index (χ3n) is 6.07. The second kappa shape index (κ2) is 9.24. The first-order valence-electron chi connectivity index (χ1n) is 11.1. The van der Waals surface area contributed by atoms with E-state index in [1.165, 1.54) is 17.9 Å². The van der Waals surface area contributed by atoms with Crippen molar-refractivity contribution < 1.29 is 14.0 Å². The maximum Gasteiger partial charge on any atom is 0.346 e. The minimum absolute atomic E-state index is 0.0626. The molecule has 0 atom stereocenters. The molecule has 0 bridgehead atoms. The highest BCUT2D eigenvalue weighted by Crippen LogP contribution is 2.47. The van der Waals surface area contributed by atoms with Gasteiger partial charge in [-0.2, -0.15) is 4.57 Å². The summed E-state index contributed by atoms with van der Waals surface area (Å²) in [6.07, 6.45) is 1.41. The predicted octanol–water partition coefficient (Wildman–Crippen LogP) is 4.15. The van der Waals surface area contributed by atoms with Gasteiger partial charge in [-0.25, -0.2) is 9.52 Å². The molecular weight excluding hydrogens is 459 g/mol. The van der Waals surface area contributed by atoms with Crippen molar-refractivity contribution in [2.45, 2.75) is 6.16 Å². The largest absolute Gasteiger partial charge is 0.711 e. The number of ether oxygens (including phenoxy) is 1. The molecule has 0 fully saturated rings. The fourth-order valence-electron chi connectivity index (χ4n) is 4.33. The molecule has 0 radical (unpaired) electrons. The molecular formula is C28H23N2O4P. The van der Waals surface area contributed by atoms with Crippen LogP contribution in [-0.2, 0) is 10.7 Å². The summed E-state index contributed by atoms with van der Waals surface area (Å²) in [7, 11) is -1.68. The Balaban J connectivity index is 1.81. The fraction of sp³-hybridized carbons (Fsp3) is 0.0714. The zero-order valence-corrected chi connectivity index (χ0v) is 20.0. The number of rotatable bonds is 6. The Morgan fingerprint density at radius 1 is 0.857 bits per heavy atom. The number of aromatic nitrogens is 2. The van der Waals surface area contributed by atoms with E-state index < -0.39 is 7.14 Å². The lowest BCUT2D eigenvalue weighted by molar-refractivity contribution is -0.599. The normalized spacial score (nSPS) is 11.5. The number of methoxy groups -OCH3 is 1. The summed E-state index contributed by atoms with van der Waals surface area (Å²) >= 11 is 0. The van der Waals surface area contributed by atoms with E-state index in [2.05, 4.69) is 0 Å². The van der Waals surface area contributed by atoms with Crippen molar-refractivity contribution in [2.24, 2.45) is 0 Å². The number of hydrogen-bond donors (Lipinski definition) is 0. The van der Waals surface area contributed by atoms with Crippen molar-refractivity contribution in [3.05, 3.63) is 131 Å². The molecule has 5 aromatic rings. The lowest BCUT2D eigenvalue weighted by atomic mass is 10.1. The number of pyridine rings is 2. The van der Waals surface area contributed by atoms with Crippen LogP contribution in [0.5, 0.6) is 5.75 Å². The molecule has 6 nitrogen and oxygen atoms in total. The van der Waals surface area contributed by atoms with Crippen LogP contribution in [0.25, 0.3) is 16.6 Å². The van der Waals surface area contributed by atoms with Gasteiger partial charge in [-0.05, 0) is 29.7 Å². The first-order chi connectivity index (χ1) is 17.0. The lowest BCUT2D eigenvalue weighted by Gasteiger charge is -2.20. The third-order valence-corrected chi connectivity index (χ3v) is 9.10. The molecule has 5 rings (SSSR count). The molecule has 0 spiro atoms. The molecule has 7 heteroatoms. The summed E-state index contributed by atoms with van der Waals surface area (Å²) in [6.45, 7) is 0. The molecule has 3 aromatic carbocycles. The number of nitrogens with zero attached hydrogens (tertiary/aromatic N) is 2. The molecule has 35 heavy (non-hydrogen) atoms. The van der Waals surface area contributed by atoms with Gasteiger partial charge in [0, 0.05) is 16.7 Å². The van der Waals surface area contributed by atoms with Crippen LogP contribution in [0.3, 0.4) is 0 Å². The minimum atomic E-state index is -3.22. The van der Waals surface area contributed by atoms with Gasteiger partial charge in [0.25, 0.3) is 5.82 Å². The Hall–Kier alpha value is -4.15. The van der Waals surface area contributed by atoms with Crippen LogP contribution in [-0.4, -0.2) is 11.7 Å². The Labute approximate surface area is 202 Å². The fourth-order valence-corrected chi connectivity index (χ4v) is 6.99. The smallest absolute Gasteiger partial charge is 0.346 e. The van der Waals surface area contributed by atoms with Crippen LogP contribution in [0.15, 0.2) is 114 Å². The Morgan fingerprint density at radius 3 is 2.09 bits per heavy atom.